The molecule has 1 heterocycles. The Kier molecular flexibility index (Phi) is 6.08. The fraction of sp³-hybridized carbons (Fsp3) is 0.833. The Balaban J connectivity index is 2.02. The molecule has 1 N–H and O–H groups in total. The first-order valence-corrected chi connectivity index (χ1v) is 5.80. The lowest BCUT2D eigenvalue weighted by atomic mass is 10.4. The Morgan fingerprint density at radius 3 is 2.76 bits per heavy atom. The summed E-state index contributed by atoms with van der Waals surface area (Å²) in [4.78, 5) is 0. The lowest BCUT2D eigenvalue weighted by molar-refractivity contribution is -0.146. The second-order valence-electron chi connectivity index (χ2n) is 4.47. The molecule has 2 unspecified atom stereocenters. The molecule has 0 aromatic carbocycles. The molecule has 1 saturated heterocycles. The normalized spacial score (nSPS) is 24.8. The summed E-state index contributed by atoms with van der Waals surface area (Å²) in [5, 5.41) is 9.50. The Labute approximate surface area is 102 Å². The second-order valence-corrected chi connectivity index (χ2v) is 4.47. The zero-order valence-electron chi connectivity index (χ0n) is 10.6. The van der Waals surface area contributed by atoms with Crippen LogP contribution in [0.15, 0.2) is 12.7 Å². The van der Waals surface area contributed by atoms with E-state index in [1.165, 1.54) is 0 Å². The van der Waals surface area contributed by atoms with E-state index in [9.17, 15) is 5.11 Å². The van der Waals surface area contributed by atoms with Crippen LogP contribution < -0.4 is 0 Å². The van der Waals surface area contributed by atoms with Crippen LogP contribution in [0.4, 0.5) is 0 Å². The average Bonchev–Trinajstić information content (AvgIpc) is 2.59. The highest BCUT2D eigenvalue weighted by Gasteiger charge is 2.32. The monoisotopic (exact) mass is 246 g/mol. The van der Waals surface area contributed by atoms with E-state index in [4.69, 9.17) is 18.9 Å². The molecule has 1 aliphatic heterocycles. The SMILES string of the molecule is C=CCOCC(O)COCC1COC(C)(C)O1. The molecular formula is C12H22O5. The molecule has 0 spiro atoms. The van der Waals surface area contributed by atoms with Crippen molar-refractivity contribution in [2.24, 2.45) is 0 Å². The van der Waals surface area contributed by atoms with Crippen LogP contribution in [0.25, 0.3) is 0 Å². The maximum absolute atomic E-state index is 9.50. The molecular weight excluding hydrogens is 224 g/mol. The fourth-order valence-electron chi connectivity index (χ4n) is 1.52. The van der Waals surface area contributed by atoms with Gasteiger partial charge in [0.05, 0.1) is 33.0 Å². The van der Waals surface area contributed by atoms with Gasteiger partial charge in [-0.1, -0.05) is 6.08 Å². The highest BCUT2D eigenvalue weighted by molar-refractivity contribution is 4.70. The van der Waals surface area contributed by atoms with Gasteiger partial charge in [0, 0.05) is 0 Å². The van der Waals surface area contributed by atoms with Crippen LogP contribution in [0.3, 0.4) is 0 Å². The zero-order valence-corrected chi connectivity index (χ0v) is 10.6. The van der Waals surface area contributed by atoms with Crippen molar-refractivity contribution >= 4 is 0 Å². The van der Waals surface area contributed by atoms with Crippen molar-refractivity contribution in [3.05, 3.63) is 12.7 Å². The zero-order chi connectivity index (χ0) is 12.7. The third kappa shape index (κ3) is 6.14. The number of ether oxygens (including phenoxy) is 4. The minimum atomic E-state index is -0.620. The standard InChI is InChI=1S/C12H22O5/c1-4-5-14-6-10(13)7-15-8-11-9-16-12(2,3)17-11/h4,10-11,13H,1,5-9H2,2-3H3. The van der Waals surface area contributed by atoms with Crippen molar-refractivity contribution in [1.29, 1.82) is 0 Å². The Morgan fingerprint density at radius 1 is 1.47 bits per heavy atom. The van der Waals surface area contributed by atoms with Gasteiger partial charge in [-0.05, 0) is 13.8 Å². The van der Waals surface area contributed by atoms with Crippen LogP contribution in [-0.2, 0) is 18.9 Å². The van der Waals surface area contributed by atoms with Crippen LogP contribution in [-0.4, -0.2) is 56.1 Å². The highest BCUT2D eigenvalue weighted by Crippen LogP contribution is 2.22. The third-order valence-electron chi connectivity index (χ3n) is 2.23. The van der Waals surface area contributed by atoms with Crippen molar-refractivity contribution in [2.75, 3.05) is 33.0 Å². The summed E-state index contributed by atoms with van der Waals surface area (Å²) in [7, 11) is 0. The van der Waals surface area contributed by atoms with Crippen LogP contribution in [0.2, 0.25) is 0 Å². The van der Waals surface area contributed by atoms with Crippen molar-refractivity contribution < 1.29 is 24.1 Å². The van der Waals surface area contributed by atoms with E-state index in [1.807, 2.05) is 13.8 Å². The van der Waals surface area contributed by atoms with Gasteiger partial charge in [0.15, 0.2) is 5.79 Å². The molecule has 2 atom stereocenters. The minimum absolute atomic E-state index is 0.0636. The molecule has 0 saturated carbocycles. The number of rotatable bonds is 8. The van der Waals surface area contributed by atoms with E-state index < -0.39 is 11.9 Å². The summed E-state index contributed by atoms with van der Waals surface area (Å²) in [6.07, 6.45) is 0.955. The minimum Gasteiger partial charge on any atom is -0.388 e. The van der Waals surface area contributed by atoms with Gasteiger partial charge in [-0.25, -0.2) is 0 Å². The van der Waals surface area contributed by atoms with Crippen LogP contribution in [0.5, 0.6) is 0 Å². The van der Waals surface area contributed by atoms with Gasteiger partial charge in [0.25, 0.3) is 0 Å². The summed E-state index contributed by atoms with van der Waals surface area (Å²) in [5.74, 6) is -0.528. The van der Waals surface area contributed by atoms with Crippen molar-refractivity contribution in [1.82, 2.24) is 0 Å². The van der Waals surface area contributed by atoms with Gasteiger partial charge in [-0.15, -0.1) is 6.58 Å². The summed E-state index contributed by atoms with van der Waals surface area (Å²) in [5.41, 5.74) is 0. The average molecular weight is 246 g/mol. The van der Waals surface area contributed by atoms with Crippen molar-refractivity contribution in [3.63, 3.8) is 0 Å². The smallest absolute Gasteiger partial charge is 0.163 e. The van der Waals surface area contributed by atoms with E-state index in [1.54, 1.807) is 6.08 Å². The van der Waals surface area contributed by atoms with Crippen LogP contribution in [0.1, 0.15) is 13.8 Å². The fourth-order valence-corrected chi connectivity index (χ4v) is 1.52. The number of aliphatic hydroxyl groups excluding tert-OH is 1. The first kappa shape index (κ1) is 14.6. The second kappa shape index (κ2) is 7.08. The van der Waals surface area contributed by atoms with Crippen molar-refractivity contribution in [3.8, 4) is 0 Å². The van der Waals surface area contributed by atoms with Crippen molar-refractivity contribution in [2.45, 2.75) is 31.8 Å². The maximum Gasteiger partial charge on any atom is 0.163 e. The molecule has 0 amide bonds. The molecule has 0 bridgehead atoms. The Hall–Kier alpha value is -0.460. The van der Waals surface area contributed by atoms with Gasteiger partial charge >= 0.3 is 0 Å². The number of hydrogen-bond acceptors (Lipinski definition) is 5. The quantitative estimate of drug-likeness (QED) is 0.505. The van der Waals surface area contributed by atoms with E-state index in [2.05, 4.69) is 6.58 Å². The lowest BCUT2D eigenvalue weighted by Gasteiger charge is -2.17. The molecule has 0 aromatic rings. The first-order chi connectivity index (χ1) is 8.03. The topological polar surface area (TPSA) is 57.2 Å². The Bertz CT molecular complexity index is 229. The molecule has 1 rings (SSSR count). The van der Waals surface area contributed by atoms with E-state index in [0.717, 1.165) is 0 Å². The molecule has 0 aliphatic carbocycles. The van der Waals surface area contributed by atoms with E-state index in [-0.39, 0.29) is 19.3 Å². The molecule has 0 aromatic heterocycles. The maximum atomic E-state index is 9.50. The molecule has 17 heavy (non-hydrogen) atoms. The first-order valence-electron chi connectivity index (χ1n) is 5.80. The largest absolute Gasteiger partial charge is 0.388 e. The molecule has 100 valence electrons. The van der Waals surface area contributed by atoms with Crippen LogP contribution in [0, 0.1) is 0 Å². The summed E-state index contributed by atoms with van der Waals surface area (Å²) >= 11 is 0. The third-order valence-corrected chi connectivity index (χ3v) is 2.23. The van der Waals surface area contributed by atoms with E-state index in [0.29, 0.717) is 19.8 Å². The molecule has 1 aliphatic rings. The molecule has 5 nitrogen and oxygen atoms in total. The van der Waals surface area contributed by atoms with Crippen LogP contribution >= 0.6 is 0 Å². The number of hydrogen-bond donors (Lipinski definition) is 1. The van der Waals surface area contributed by atoms with Gasteiger partial charge in [0.2, 0.25) is 0 Å². The predicted octanol–water partition coefficient (Wildman–Crippen LogP) is 0.718. The Morgan fingerprint density at radius 2 is 2.18 bits per heavy atom. The lowest BCUT2D eigenvalue weighted by Crippen LogP contribution is -2.27. The van der Waals surface area contributed by atoms with Gasteiger partial charge in [0.1, 0.15) is 12.2 Å². The molecule has 5 heteroatoms. The molecule has 0 radical (unpaired) electrons. The summed E-state index contributed by atoms with van der Waals surface area (Å²) in [6.45, 7) is 9.11. The van der Waals surface area contributed by atoms with Gasteiger partial charge < -0.3 is 24.1 Å². The molecule has 1 fully saturated rings. The predicted molar refractivity (Wildman–Crippen MR) is 62.7 cm³/mol. The van der Waals surface area contributed by atoms with E-state index >= 15 is 0 Å². The van der Waals surface area contributed by atoms with Gasteiger partial charge in [-0.3, -0.25) is 0 Å². The summed E-state index contributed by atoms with van der Waals surface area (Å²) < 4.78 is 21.4. The number of aliphatic hydroxyl groups is 1. The highest BCUT2D eigenvalue weighted by atomic mass is 16.7. The summed E-state index contributed by atoms with van der Waals surface area (Å²) in [6, 6.07) is 0. The van der Waals surface area contributed by atoms with Gasteiger partial charge in [-0.2, -0.15) is 0 Å².